The van der Waals surface area contributed by atoms with Gasteiger partial charge in [0.2, 0.25) is 10.0 Å². The number of ether oxygens (including phenoxy) is 3. The highest BCUT2D eigenvalue weighted by atomic mass is 32.2. The highest BCUT2D eigenvalue weighted by molar-refractivity contribution is 7.90. The van der Waals surface area contributed by atoms with E-state index in [1.165, 1.54) is 11.7 Å². The van der Waals surface area contributed by atoms with Crippen LogP contribution in [0, 0.1) is 18.3 Å². The molecule has 11 nitrogen and oxygen atoms in total. The lowest BCUT2D eigenvalue weighted by Crippen LogP contribution is -2.42. The minimum absolute atomic E-state index is 0.0786. The Labute approximate surface area is 278 Å². The third-order valence-electron chi connectivity index (χ3n) is 7.72. The zero-order chi connectivity index (χ0) is 35.1. The van der Waals surface area contributed by atoms with Gasteiger partial charge in [0.05, 0.1) is 40.0 Å². The van der Waals surface area contributed by atoms with Crippen LogP contribution in [-0.2, 0) is 26.2 Å². The van der Waals surface area contributed by atoms with Gasteiger partial charge in [0.15, 0.2) is 0 Å². The van der Waals surface area contributed by atoms with Crippen LogP contribution in [0.3, 0.4) is 0 Å². The highest BCUT2D eigenvalue weighted by Crippen LogP contribution is 2.40. The molecule has 2 aromatic heterocycles. The summed E-state index contributed by atoms with van der Waals surface area (Å²) in [5.41, 5.74) is 2.66. The Kier molecular flexibility index (Phi) is 10.0. The molecule has 2 heterocycles. The molecular weight excluding hydrogens is 635 g/mol. The van der Waals surface area contributed by atoms with Gasteiger partial charge in [-0.2, -0.15) is 9.98 Å². The summed E-state index contributed by atoms with van der Waals surface area (Å²) in [6.07, 6.45) is 1.05. The second-order valence-corrected chi connectivity index (χ2v) is 23.1. The number of carbonyl (C=O) groups is 1. The van der Waals surface area contributed by atoms with Crippen molar-refractivity contribution in [1.82, 2.24) is 18.8 Å². The molecule has 254 valence electrons. The molecule has 13 heteroatoms. The van der Waals surface area contributed by atoms with Crippen LogP contribution in [-0.4, -0.2) is 60.8 Å². The quantitative estimate of drug-likeness (QED) is 0.138. The van der Waals surface area contributed by atoms with Gasteiger partial charge < -0.3 is 18.8 Å². The van der Waals surface area contributed by atoms with Crippen LogP contribution in [0.2, 0.25) is 25.7 Å². The van der Waals surface area contributed by atoms with E-state index in [4.69, 9.17) is 19.2 Å². The summed E-state index contributed by atoms with van der Waals surface area (Å²) < 4.78 is 50.7. The molecule has 0 spiro atoms. The van der Waals surface area contributed by atoms with Crippen molar-refractivity contribution in [2.75, 3.05) is 13.7 Å². The predicted octanol–water partition coefficient (Wildman–Crippen LogP) is 7.08. The number of sulfonamides is 1. The number of carbonyl (C=O) groups excluding carboxylic acids is 1. The standard InChI is InChI=1S/C34H47N5O6SSi/c1-22-18-27(43-8)28(24-14-15-38(30(22)24)32(40)45-33(2,3)4)29(37-46(41,42)34(5,6)7)31-36-25-13-12-23(20-35)19-26(25)39(31)21-44-16-17-47(9,10)11/h12-15,18-19,29,37H,16-17,21H2,1-11H3. The fraction of sp³-hybridized carbons (Fsp3) is 0.500. The third kappa shape index (κ3) is 7.89. The minimum atomic E-state index is -3.99. The van der Waals surface area contributed by atoms with Crippen LogP contribution in [0.25, 0.3) is 21.9 Å². The van der Waals surface area contributed by atoms with E-state index in [0.717, 1.165) is 11.6 Å². The van der Waals surface area contributed by atoms with Gasteiger partial charge in [-0.25, -0.2) is 18.2 Å². The van der Waals surface area contributed by atoms with Crippen LogP contribution in [0.1, 0.15) is 70.1 Å². The monoisotopic (exact) mass is 681 g/mol. The number of nitriles is 1. The van der Waals surface area contributed by atoms with Crippen molar-refractivity contribution in [1.29, 1.82) is 5.26 Å². The Morgan fingerprint density at radius 1 is 1.11 bits per heavy atom. The first kappa shape index (κ1) is 36.1. The zero-order valence-electron chi connectivity index (χ0n) is 29.3. The average Bonchev–Trinajstić information content (AvgIpc) is 3.54. The molecule has 0 aliphatic heterocycles. The maximum Gasteiger partial charge on any atom is 0.419 e. The van der Waals surface area contributed by atoms with Gasteiger partial charge in [-0.15, -0.1) is 0 Å². The number of nitrogens with one attached hydrogen (secondary N) is 1. The molecule has 0 radical (unpaired) electrons. The number of imidazole rings is 1. The highest BCUT2D eigenvalue weighted by Gasteiger charge is 2.37. The summed E-state index contributed by atoms with van der Waals surface area (Å²) in [6.45, 7) is 19.5. The molecule has 0 saturated carbocycles. The summed E-state index contributed by atoms with van der Waals surface area (Å²) in [4.78, 5) is 18.3. The van der Waals surface area contributed by atoms with E-state index < -0.39 is 40.6 Å². The molecule has 47 heavy (non-hydrogen) atoms. The van der Waals surface area contributed by atoms with Crippen molar-refractivity contribution >= 4 is 46.1 Å². The summed E-state index contributed by atoms with van der Waals surface area (Å²) in [7, 11) is -3.87. The molecule has 4 rings (SSSR count). The van der Waals surface area contributed by atoms with E-state index >= 15 is 0 Å². The first-order chi connectivity index (χ1) is 21.7. The van der Waals surface area contributed by atoms with Crippen LogP contribution < -0.4 is 9.46 Å². The number of benzene rings is 2. The van der Waals surface area contributed by atoms with Crippen molar-refractivity contribution in [2.24, 2.45) is 0 Å². The molecule has 4 aromatic rings. The number of nitrogens with zero attached hydrogens (tertiary/aromatic N) is 4. The predicted molar refractivity (Wildman–Crippen MR) is 187 cm³/mol. The molecule has 0 aliphatic rings. The number of aryl methyl sites for hydroxylation is 1. The van der Waals surface area contributed by atoms with Gasteiger partial charge in [0, 0.05) is 31.8 Å². The molecule has 1 N–H and O–H groups in total. The van der Waals surface area contributed by atoms with E-state index in [1.807, 2.05) is 11.5 Å². The molecule has 0 amide bonds. The number of aromatic nitrogens is 3. The Morgan fingerprint density at radius 2 is 1.79 bits per heavy atom. The Balaban J connectivity index is 2.04. The Hall–Kier alpha value is -3.70. The lowest BCUT2D eigenvalue weighted by atomic mass is 9.98. The minimum Gasteiger partial charge on any atom is -0.496 e. The molecule has 2 aromatic carbocycles. The molecule has 0 bridgehead atoms. The van der Waals surface area contributed by atoms with Crippen molar-refractivity contribution in [2.45, 2.75) is 97.3 Å². The number of hydrogen-bond acceptors (Lipinski definition) is 8. The van der Waals surface area contributed by atoms with Crippen LogP contribution >= 0.6 is 0 Å². The Bertz CT molecular complexity index is 1950. The SMILES string of the molecule is COc1cc(C)c2c(ccn2C(=O)OC(C)(C)C)c1C(NS(=O)(=O)C(C)(C)C)c1nc2ccc(C#N)cc2n1COCC[Si](C)(C)C. The molecule has 0 saturated heterocycles. The van der Waals surface area contributed by atoms with Gasteiger partial charge in [-0.3, -0.25) is 4.57 Å². The largest absolute Gasteiger partial charge is 0.496 e. The van der Waals surface area contributed by atoms with Gasteiger partial charge in [-0.05, 0) is 90.4 Å². The summed E-state index contributed by atoms with van der Waals surface area (Å²) in [6, 6.07) is 10.7. The lowest BCUT2D eigenvalue weighted by molar-refractivity contribution is 0.0544. The van der Waals surface area contributed by atoms with Crippen molar-refractivity contribution < 1.29 is 27.4 Å². The fourth-order valence-corrected chi connectivity index (χ4v) is 6.78. The molecule has 0 fully saturated rings. The smallest absolute Gasteiger partial charge is 0.419 e. The summed E-state index contributed by atoms with van der Waals surface area (Å²) >= 11 is 0. The van der Waals surface area contributed by atoms with Gasteiger partial charge in [-0.1, -0.05) is 19.6 Å². The number of hydrogen-bond donors (Lipinski definition) is 1. The maximum atomic E-state index is 13.9. The molecular formula is C34H47N5O6SSi. The summed E-state index contributed by atoms with van der Waals surface area (Å²) in [5, 5.41) is 10.3. The van der Waals surface area contributed by atoms with E-state index in [9.17, 15) is 18.5 Å². The number of methoxy groups -OCH3 is 1. The molecule has 0 aliphatic carbocycles. The van der Waals surface area contributed by atoms with E-state index in [1.54, 1.807) is 78.1 Å². The normalized spacial score (nSPS) is 13.6. The van der Waals surface area contributed by atoms with E-state index in [0.29, 0.717) is 51.2 Å². The molecule has 1 unspecified atom stereocenters. The van der Waals surface area contributed by atoms with Crippen molar-refractivity contribution in [3.8, 4) is 11.8 Å². The maximum absolute atomic E-state index is 13.9. The first-order valence-corrected chi connectivity index (χ1v) is 20.8. The average molecular weight is 682 g/mol. The number of fused-ring (bicyclic) bond motifs is 2. The second-order valence-electron chi connectivity index (χ2n) is 15.0. The van der Waals surface area contributed by atoms with Gasteiger partial charge in [0.25, 0.3) is 0 Å². The lowest BCUT2D eigenvalue weighted by Gasteiger charge is -2.28. The van der Waals surface area contributed by atoms with Crippen molar-refractivity contribution in [3.05, 3.63) is 59.0 Å². The number of rotatable bonds is 10. The van der Waals surface area contributed by atoms with Crippen molar-refractivity contribution in [3.63, 3.8) is 0 Å². The van der Waals surface area contributed by atoms with Crippen LogP contribution in [0.5, 0.6) is 5.75 Å². The Morgan fingerprint density at radius 3 is 2.36 bits per heavy atom. The van der Waals surface area contributed by atoms with Crippen LogP contribution in [0.4, 0.5) is 4.79 Å². The van der Waals surface area contributed by atoms with E-state index in [2.05, 4.69) is 30.4 Å². The van der Waals surface area contributed by atoms with Gasteiger partial charge in [0.1, 0.15) is 29.9 Å². The van der Waals surface area contributed by atoms with Crippen LogP contribution in [0.15, 0.2) is 36.5 Å². The van der Waals surface area contributed by atoms with Gasteiger partial charge >= 0.3 is 6.09 Å². The van der Waals surface area contributed by atoms with E-state index in [-0.39, 0.29) is 6.73 Å². The molecule has 1 atom stereocenters. The zero-order valence-corrected chi connectivity index (χ0v) is 31.1. The summed E-state index contributed by atoms with van der Waals surface area (Å²) in [5.74, 6) is 0.763. The third-order valence-corrected chi connectivity index (χ3v) is 11.6. The fourth-order valence-electron chi connectivity index (χ4n) is 5.13. The topological polar surface area (TPSA) is 137 Å². The second kappa shape index (κ2) is 13.1. The first-order valence-electron chi connectivity index (χ1n) is 15.6.